The van der Waals surface area contributed by atoms with Crippen LogP contribution in [0.4, 0.5) is 4.39 Å². The molecule has 0 heterocycles. The summed E-state index contributed by atoms with van der Waals surface area (Å²) in [4.78, 5) is 12.2. The number of ether oxygens (including phenoxy) is 1. The highest BCUT2D eigenvalue weighted by atomic mass is 19.1. The third-order valence-corrected chi connectivity index (χ3v) is 4.37. The Hall–Kier alpha value is -3.45. The molecular formula is C23H18FNO2. The van der Waals surface area contributed by atoms with Gasteiger partial charge in [0.05, 0.1) is 11.1 Å². The molecule has 3 rings (SSSR count). The fourth-order valence-corrected chi connectivity index (χ4v) is 2.85. The van der Waals surface area contributed by atoms with Gasteiger partial charge in [-0.05, 0) is 47.7 Å². The SMILES string of the molecule is C[C@H](Cc1ccc(C(=O)Oc2ccc(C#N)c(F)c2)cc1)c1ccccc1. The van der Waals surface area contributed by atoms with Crippen molar-refractivity contribution in [3.63, 3.8) is 0 Å². The molecule has 1 atom stereocenters. The summed E-state index contributed by atoms with van der Waals surface area (Å²) in [6.07, 6.45) is 0.861. The topological polar surface area (TPSA) is 50.1 Å². The molecule has 3 nitrogen and oxygen atoms in total. The van der Waals surface area contributed by atoms with Crippen molar-refractivity contribution in [2.75, 3.05) is 0 Å². The zero-order valence-electron chi connectivity index (χ0n) is 14.9. The molecule has 0 spiro atoms. The average molecular weight is 359 g/mol. The fourth-order valence-electron chi connectivity index (χ4n) is 2.85. The molecule has 3 aromatic carbocycles. The monoisotopic (exact) mass is 359 g/mol. The van der Waals surface area contributed by atoms with E-state index in [0.717, 1.165) is 18.1 Å². The summed E-state index contributed by atoms with van der Waals surface area (Å²) in [5.41, 5.74) is 2.68. The van der Waals surface area contributed by atoms with Crippen LogP contribution in [0.1, 0.15) is 39.9 Å². The lowest BCUT2D eigenvalue weighted by atomic mass is 9.93. The summed E-state index contributed by atoms with van der Waals surface area (Å²) in [5.74, 6) is -0.848. The Bertz CT molecular complexity index is 976. The van der Waals surface area contributed by atoms with Gasteiger partial charge in [0.2, 0.25) is 0 Å². The van der Waals surface area contributed by atoms with Crippen LogP contribution in [0.15, 0.2) is 72.8 Å². The minimum absolute atomic E-state index is 0.0678. The summed E-state index contributed by atoms with van der Waals surface area (Å²) in [7, 11) is 0. The second-order valence-electron chi connectivity index (χ2n) is 6.36. The summed E-state index contributed by atoms with van der Waals surface area (Å²) in [6, 6.07) is 22.9. The number of carbonyl (C=O) groups is 1. The molecule has 0 radical (unpaired) electrons. The van der Waals surface area contributed by atoms with E-state index in [1.165, 1.54) is 17.7 Å². The maximum atomic E-state index is 13.6. The maximum absolute atomic E-state index is 13.6. The van der Waals surface area contributed by atoms with E-state index >= 15 is 0 Å². The van der Waals surface area contributed by atoms with Gasteiger partial charge < -0.3 is 4.74 Å². The molecule has 0 aliphatic rings. The number of hydrogen-bond donors (Lipinski definition) is 0. The van der Waals surface area contributed by atoms with Crippen LogP contribution in [0.5, 0.6) is 5.75 Å². The van der Waals surface area contributed by atoms with Crippen molar-refractivity contribution >= 4 is 5.97 Å². The normalized spacial score (nSPS) is 11.4. The highest BCUT2D eigenvalue weighted by molar-refractivity contribution is 5.91. The Morgan fingerprint density at radius 1 is 1.07 bits per heavy atom. The van der Waals surface area contributed by atoms with Crippen LogP contribution in [-0.2, 0) is 6.42 Å². The summed E-state index contributed by atoms with van der Waals surface area (Å²) < 4.78 is 18.8. The van der Waals surface area contributed by atoms with Gasteiger partial charge in [-0.2, -0.15) is 5.26 Å². The van der Waals surface area contributed by atoms with E-state index in [-0.39, 0.29) is 11.3 Å². The molecule has 0 fully saturated rings. The van der Waals surface area contributed by atoms with Crippen molar-refractivity contribution < 1.29 is 13.9 Å². The molecule has 0 saturated heterocycles. The standard InChI is InChI=1S/C23H18FNO2/c1-16(18-5-3-2-4-6-18)13-17-7-9-19(10-8-17)23(26)27-21-12-11-20(15-25)22(24)14-21/h2-12,14,16H,13H2,1H3/t16-/m1/s1. The van der Waals surface area contributed by atoms with Crippen LogP contribution in [0, 0.1) is 17.1 Å². The van der Waals surface area contributed by atoms with Crippen LogP contribution in [0.25, 0.3) is 0 Å². The Kier molecular flexibility index (Phi) is 5.63. The quantitative estimate of drug-likeness (QED) is 0.461. The largest absolute Gasteiger partial charge is 0.423 e. The van der Waals surface area contributed by atoms with Crippen molar-refractivity contribution in [3.8, 4) is 11.8 Å². The van der Waals surface area contributed by atoms with Crippen LogP contribution in [0.2, 0.25) is 0 Å². The number of carbonyl (C=O) groups excluding carboxylic acids is 1. The second-order valence-corrected chi connectivity index (χ2v) is 6.36. The molecule has 4 heteroatoms. The predicted octanol–water partition coefficient (Wildman–Crippen LogP) is 5.26. The molecular weight excluding hydrogens is 341 g/mol. The van der Waals surface area contributed by atoms with Crippen LogP contribution in [0.3, 0.4) is 0 Å². The van der Waals surface area contributed by atoms with E-state index in [0.29, 0.717) is 11.5 Å². The Balaban J connectivity index is 1.65. The van der Waals surface area contributed by atoms with E-state index < -0.39 is 11.8 Å². The van der Waals surface area contributed by atoms with E-state index in [2.05, 4.69) is 19.1 Å². The minimum Gasteiger partial charge on any atom is -0.423 e. The van der Waals surface area contributed by atoms with Gasteiger partial charge in [0.15, 0.2) is 0 Å². The van der Waals surface area contributed by atoms with Gasteiger partial charge in [-0.1, -0.05) is 49.4 Å². The number of nitriles is 1. The smallest absolute Gasteiger partial charge is 0.343 e. The van der Waals surface area contributed by atoms with Gasteiger partial charge in [-0.25, -0.2) is 9.18 Å². The molecule has 0 aliphatic carbocycles. The zero-order chi connectivity index (χ0) is 19.2. The van der Waals surface area contributed by atoms with Crippen molar-refractivity contribution in [2.24, 2.45) is 0 Å². The first-order valence-electron chi connectivity index (χ1n) is 8.62. The van der Waals surface area contributed by atoms with Gasteiger partial charge in [-0.15, -0.1) is 0 Å². The Morgan fingerprint density at radius 2 is 1.78 bits per heavy atom. The third-order valence-electron chi connectivity index (χ3n) is 4.37. The maximum Gasteiger partial charge on any atom is 0.343 e. The Labute approximate surface area is 157 Å². The van der Waals surface area contributed by atoms with Crippen molar-refractivity contribution in [1.29, 1.82) is 5.26 Å². The average Bonchev–Trinajstić information content (AvgIpc) is 2.69. The first-order chi connectivity index (χ1) is 13.1. The lowest BCUT2D eigenvalue weighted by molar-refractivity contribution is 0.0734. The van der Waals surface area contributed by atoms with E-state index in [1.54, 1.807) is 18.2 Å². The molecule has 0 aromatic heterocycles. The number of halogens is 1. The highest BCUT2D eigenvalue weighted by Crippen LogP contribution is 2.21. The highest BCUT2D eigenvalue weighted by Gasteiger charge is 2.12. The van der Waals surface area contributed by atoms with Crippen LogP contribution in [-0.4, -0.2) is 5.97 Å². The number of benzene rings is 3. The minimum atomic E-state index is -0.715. The first-order valence-corrected chi connectivity index (χ1v) is 8.62. The molecule has 0 N–H and O–H groups in total. The van der Waals surface area contributed by atoms with Gasteiger partial charge in [0, 0.05) is 6.07 Å². The first kappa shape index (κ1) is 18.3. The summed E-state index contributed by atoms with van der Waals surface area (Å²) in [6.45, 7) is 2.16. The fraction of sp³-hybridized carbons (Fsp3) is 0.130. The zero-order valence-corrected chi connectivity index (χ0v) is 14.9. The van der Waals surface area contributed by atoms with Gasteiger partial charge in [0.1, 0.15) is 17.6 Å². The molecule has 0 unspecified atom stereocenters. The lowest BCUT2D eigenvalue weighted by Gasteiger charge is -2.12. The second kappa shape index (κ2) is 8.29. The molecule has 134 valence electrons. The third kappa shape index (κ3) is 4.59. The van der Waals surface area contributed by atoms with Gasteiger partial charge in [0.25, 0.3) is 0 Å². The van der Waals surface area contributed by atoms with Crippen LogP contribution >= 0.6 is 0 Å². The Morgan fingerprint density at radius 3 is 2.41 bits per heavy atom. The van der Waals surface area contributed by atoms with Crippen molar-refractivity contribution in [2.45, 2.75) is 19.3 Å². The summed E-state index contributed by atoms with van der Waals surface area (Å²) >= 11 is 0. The number of hydrogen-bond acceptors (Lipinski definition) is 3. The molecule has 0 amide bonds. The van der Waals surface area contributed by atoms with E-state index in [9.17, 15) is 9.18 Å². The van der Waals surface area contributed by atoms with E-state index in [4.69, 9.17) is 10.00 Å². The molecule has 27 heavy (non-hydrogen) atoms. The summed E-state index contributed by atoms with van der Waals surface area (Å²) in [5, 5.41) is 8.73. The van der Waals surface area contributed by atoms with Crippen molar-refractivity contribution in [3.05, 3.63) is 101 Å². The number of esters is 1. The number of rotatable bonds is 5. The van der Waals surface area contributed by atoms with Gasteiger partial charge >= 0.3 is 5.97 Å². The van der Waals surface area contributed by atoms with Gasteiger partial charge in [-0.3, -0.25) is 0 Å². The van der Waals surface area contributed by atoms with E-state index in [1.807, 2.05) is 30.3 Å². The molecule has 3 aromatic rings. The molecule has 0 saturated carbocycles. The lowest BCUT2D eigenvalue weighted by Crippen LogP contribution is -2.09. The van der Waals surface area contributed by atoms with Crippen LogP contribution < -0.4 is 4.74 Å². The number of nitrogens with zero attached hydrogens (tertiary/aromatic N) is 1. The molecule has 0 bridgehead atoms. The predicted molar refractivity (Wildman–Crippen MR) is 101 cm³/mol. The van der Waals surface area contributed by atoms with Crippen molar-refractivity contribution in [1.82, 2.24) is 0 Å². The molecule has 0 aliphatic heterocycles.